The second-order valence-electron chi connectivity index (χ2n) is 14.8. The lowest BCUT2D eigenvalue weighted by Gasteiger charge is -2.72. The zero-order valence-corrected chi connectivity index (χ0v) is 22.5. The maximum absolute atomic E-state index is 12.6. The number of allylic oxidation sites excluding steroid dienone is 2. The van der Waals surface area contributed by atoms with Crippen molar-refractivity contribution in [2.75, 3.05) is 0 Å². The Kier molecular flexibility index (Phi) is 5.36. The predicted molar refractivity (Wildman–Crippen MR) is 134 cm³/mol. The van der Waals surface area contributed by atoms with Crippen molar-refractivity contribution in [3.63, 3.8) is 0 Å². The van der Waals surface area contributed by atoms with Crippen LogP contribution < -0.4 is 0 Å². The van der Waals surface area contributed by atoms with Crippen molar-refractivity contribution >= 4 is 5.97 Å². The van der Waals surface area contributed by atoms with Crippen molar-refractivity contribution in [2.45, 2.75) is 112 Å². The molecule has 5 aliphatic rings. The third-order valence-electron chi connectivity index (χ3n) is 13.3. The number of carboxylic acids is 1. The van der Waals surface area contributed by atoms with E-state index in [1.54, 1.807) is 0 Å². The SMILES string of the molecule is C[C@@H]1CC[C@]2(C)CC[C@]3(C)C(=CC[C@@H]4[C@@]5(C)CC[C@H](O)C(C)(C)[C@@H]5C[C@H](O)[C@]43C)[C@@H]2[C@H]1C(=O)O. The number of aliphatic hydroxyl groups excluding tert-OH is 2. The Hall–Kier alpha value is -0.870. The molecule has 4 saturated carbocycles. The molecule has 0 aromatic carbocycles. The first-order valence-electron chi connectivity index (χ1n) is 13.9. The van der Waals surface area contributed by atoms with Crippen LogP contribution in [0.4, 0.5) is 0 Å². The zero-order valence-electron chi connectivity index (χ0n) is 22.5. The molecule has 0 aliphatic heterocycles. The van der Waals surface area contributed by atoms with Gasteiger partial charge >= 0.3 is 5.97 Å². The third kappa shape index (κ3) is 2.82. The molecule has 0 radical (unpaired) electrons. The molecule has 4 nitrogen and oxygen atoms in total. The van der Waals surface area contributed by atoms with Crippen LogP contribution in [0, 0.1) is 56.7 Å². The summed E-state index contributed by atoms with van der Waals surface area (Å²) < 4.78 is 0. The Bertz CT molecular complexity index is 907. The predicted octanol–water partition coefficient (Wildman–Crippen LogP) is 6.06. The van der Waals surface area contributed by atoms with Crippen molar-refractivity contribution in [3.8, 4) is 0 Å². The minimum absolute atomic E-state index is 0.0348. The van der Waals surface area contributed by atoms with E-state index in [1.165, 1.54) is 5.57 Å². The van der Waals surface area contributed by atoms with Crippen molar-refractivity contribution in [1.82, 2.24) is 0 Å². The van der Waals surface area contributed by atoms with Gasteiger partial charge in [-0.25, -0.2) is 0 Å². The molecule has 4 heteroatoms. The first-order valence-corrected chi connectivity index (χ1v) is 13.9. The topological polar surface area (TPSA) is 77.8 Å². The van der Waals surface area contributed by atoms with Gasteiger partial charge in [-0.1, -0.05) is 60.1 Å². The largest absolute Gasteiger partial charge is 0.481 e. The fraction of sp³-hybridized carbons (Fsp3) is 0.900. The van der Waals surface area contributed by atoms with Gasteiger partial charge in [0.15, 0.2) is 0 Å². The highest BCUT2D eigenvalue weighted by molar-refractivity contribution is 5.72. The van der Waals surface area contributed by atoms with Gasteiger partial charge in [0.25, 0.3) is 0 Å². The second-order valence-corrected chi connectivity index (χ2v) is 14.8. The van der Waals surface area contributed by atoms with Crippen LogP contribution in [-0.4, -0.2) is 33.5 Å². The van der Waals surface area contributed by atoms with Gasteiger partial charge < -0.3 is 15.3 Å². The summed E-state index contributed by atoms with van der Waals surface area (Å²) in [6, 6.07) is 0. The molecule has 0 aromatic heterocycles. The number of aliphatic carboxylic acids is 1. The molecule has 3 N–H and O–H groups in total. The number of carbonyl (C=O) groups is 1. The van der Waals surface area contributed by atoms with Crippen molar-refractivity contribution in [3.05, 3.63) is 11.6 Å². The number of hydrogen-bond acceptors (Lipinski definition) is 3. The smallest absolute Gasteiger partial charge is 0.307 e. The Morgan fingerprint density at radius 1 is 0.912 bits per heavy atom. The molecule has 0 saturated heterocycles. The van der Waals surface area contributed by atoms with E-state index in [0.717, 1.165) is 51.4 Å². The van der Waals surface area contributed by atoms with Crippen molar-refractivity contribution in [1.29, 1.82) is 0 Å². The molecule has 0 unspecified atom stereocenters. The van der Waals surface area contributed by atoms with Gasteiger partial charge in [0, 0.05) is 5.41 Å². The lowest BCUT2D eigenvalue weighted by molar-refractivity contribution is -0.245. The second kappa shape index (κ2) is 7.34. The average Bonchev–Trinajstić information content (AvgIpc) is 2.75. The van der Waals surface area contributed by atoms with Crippen LogP contribution in [-0.2, 0) is 4.79 Å². The van der Waals surface area contributed by atoms with Gasteiger partial charge in [-0.05, 0) is 96.7 Å². The van der Waals surface area contributed by atoms with E-state index in [-0.39, 0.29) is 56.9 Å². The van der Waals surface area contributed by atoms with Gasteiger partial charge in [-0.15, -0.1) is 0 Å². The molecule has 0 heterocycles. The standard InChI is InChI=1S/C30H48O4/c1-17-10-12-27(4)14-15-29(6)18(24(27)23(17)25(33)34)8-9-19-28(5)13-11-21(31)26(2,3)20(28)16-22(32)30(19,29)7/h8,17,19-24,31-32H,9-16H2,1-7H3,(H,33,34)/t17-,19-,20+,21+,22+,23+,24-,27-,28-,29-,30+/m1/s1. The molecule has 0 bridgehead atoms. The molecule has 0 amide bonds. The quantitative estimate of drug-likeness (QED) is 0.405. The van der Waals surface area contributed by atoms with Crippen molar-refractivity contribution < 1.29 is 20.1 Å². The monoisotopic (exact) mass is 472 g/mol. The third-order valence-corrected chi connectivity index (χ3v) is 13.3. The van der Waals surface area contributed by atoms with Gasteiger partial charge in [-0.3, -0.25) is 4.79 Å². The van der Waals surface area contributed by atoms with E-state index in [4.69, 9.17) is 0 Å². The summed E-state index contributed by atoms with van der Waals surface area (Å²) in [5.74, 6) is -0.109. The van der Waals surface area contributed by atoms with Gasteiger partial charge in [0.1, 0.15) is 0 Å². The molecule has 4 fully saturated rings. The van der Waals surface area contributed by atoms with Crippen molar-refractivity contribution in [2.24, 2.45) is 56.7 Å². The van der Waals surface area contributed by atoms with E-state index in [2.05, 4.69) is 54.5 Å². The normalized spacial score (nSPS) is 56.3. The lowest BCUT2D eigenvalue weighted by Crippen LogP contribution is -2.69. The Balaban J connectivity index is 1.65. The van der Waals surface area contributed by atoms with Gasteiger partial charge in [0.2, 0.25) is 0 Å². The van der Waals surface area contributed by atoms with Gasteiger partial charge in [-0.2, -0.15) is 0 Å². The maximum atomic E-state index is 12.6. The van der Waals surface area contributed by atoms with Crippen LogP contribution >= 0.6 is 0 Å². The van der Waals surface area contributed by atoms with Gasteiger partial charge in [0.05, 0.1) is 18.1 Å². The molecule has 5 aliphatic carbocycles. The summed E-state index contributed by atoms with van der Waals surface area (Å²) >= 11 is 0. The van der Waals surface area contributed by atoms with Crippen LogP contribution in [0.15, 0.2) is 11.6 Å². The molecule has 5 rings (SSSR count). The van der Waals surface area contributed by atoms with Crippen LogP contribution in [0.25, 0.3) is 0 Å². The Morgan fingerprint density at radius 3 is 2.24 bits per heavy atom. The van der Waals surface area contributed by atoms with Crippen LogP contribution in [0.2, 0.25) is 0 Å². The van der Waals surface area contributed by atoms with E-state index < -0.39 is 12.1 Å². The van der Waals surface area contributed by atoms with E-state index in [9.17, 15) is 20.1 Å². The molecule has 0 aromatic rings. The molecule has 11 atom stereocenters. The average molecular weight is 473 g/mol. The summed E-state index contributed by atoms with van der Waals surface area (Å²) in [5.41, 5.74) is 0.764. The number of rotatable bonds is 1. The first kappa shape index (κ1) is 24.8. The number of hydrogen-bond donors (Lipinski definition) is 3. The highest BCUT2D eigenvalue weighted by Gasteiger charge is 2.71. The minimum Gasteiger partial charge on any atom is -0.481 e. The summed E-state index contributed by atoms with van der Waals surface area (Å²) in [7, 11) is 0. The molecular weight excluding hydrogens is 424 g/mol. The summed E-state index contributed by atoms with van der Waals surface area (Å²) in [5, 5.41) is 33.3. The number of carboxylic acid groups (broad SMARTS) is 1. The Labute approximate surface area is 206 Å². The highest BCUT2D eigenvalue weighted by Crippen LogP contribution is 2.75. The fourth-order valence-electron chi connectivity index (χ4n) is 10.8. The lowest BCUT2D eigenvalue weighted by atomic mass is 9.32. The van der Waals surface area contributed by atoms with E-state index in [0.29, 0.717) is 5.92 Å². The zero-order chi connectivity index (χ0) is 25.1. The summed E-state index contributed by atoms with van der Waals surface area (Å²) in [6.45, 7) is 16.0. The van der Waals surface area contributed by atoms with Crippen LogP contribution in [0.5, 0.6) is 0 Å². The Morgan fingerprint density at radius 2 is 1.59 bits per heavy atom. The van der Waals surface area contributed by atoms with E-state index in [1.807, 2.05) is 0 Å². The maximum Gasteiger partial charge on any atom is 0.307 e. The number of aliphatic hydroxyl groups is 2. The molecule has 192 valence electrons. The summed E-state index contributed by atoms with van der Waals surface area (Å²) in [6.07, 6.45) is 9.36. The molecule has 0 spiro atoms. The minimum atomic E-state index is -0.639. The highest BCUT2D eigenvalue weighted by atomic mass is 16.4. The molecular formula is C30H48O4. The number of fused-ring (bicyclic) bond motifs is 7. The summed E-state index contributed by atoms with van der Waals surface area (Å²) in [4.78, 5) is 12.6. The van der Waals surface area contributed by atoms with Crippen LogP contribution in [0.3, 0.4) is 0 Å². The van der Waals surface area contributed by atoms with E-state index >= 15 is 0 Å². The fourth-order valence-corrected chi connectivity index (χ4v) is 10.8. The molecule has 34 heavy (non-hydrogen) atoms. The van der Waals surface area contributed by atoms with Crippen LogP contribution in [0.1, 0.15) is 99.8 Å². The first-order chi connectivity index (χ1) is 15.6.